The number of halogens is 1. The molecule has 8 nitrogen and oxygen atoms in total. The fraction of sp³-hybridized carbons (Fsp3) is 0.294. The maximum atomic E-state index is 13.0. The molecule has 3 aromatic rings. The summed E-state index contributed by atoms with van der Waals surface area (Å²) in [7, 11) is 0. The number of hydrogen-bond donors (Lipinski definition) is 1. The van der Waals surface area contributed by atoms with E-state index in [1.807, 2.05) is 11.8 Å². The van der Waals surface area contributed by atoms with Gasteiger partial charge in [-0.2, -0.15) is 0 Å². The normalized spacial score (nSPS) is 14.8. The summed E-state index contributed by atoms with van der Waals surface area (Å²) >= 11 is 6.07. The summed E-state index contributed by atoms with van der Waals surface area (Å²) in [4.78, 5) is 39.8. The highest BCUT2D eigenvalue weighted by Crippen LogP contribution is 2.19. The van der Waals surface area contributed by atoms with Crippen molar-refractivity contribution in [3.63, 3.8) is 0 Å². The van der Waals surface area contributed by atoms with Crippen LogP contribution in [0.15, 0.2) is 35.5 Å². The number of piperazine rings is 1. The van der Waals surface area contributed by atoms with Crippen LogP contribution in [0.1, 0.15) is 16.2 Å². The Kier molecular flexibility index (Phi) is 4.12. The smallest absolute Gasteiger partial charge is 0.290 e. The second-order valence-electron chi connectivity index (χ2n) is 6.14. The molecule has 0 unspecified atom stereocenters. The van der Waals surface area contributed by atoms with Crippen LogP contribution in [-0.2, 0) is 0 Å². The molecule has 4 heterocycles. The van der Waals surface area contributed by atoms with Gasteiger partial charge in [0.15, 0.2) is 5.82 Å². The third-order valence-electron chi connectivity index (χ3n) is 4.51. The molecule has 3 aromatic heterocycles. The average Bonchev–Trinajstić information content (AvgIpc) is 2.97. The highest BCUT2D eigenvalue weighted by molar-refractivity contribution is 6.30. The van der Waals surface area contributed by atoms with Gasteiger partial charge in [0, 0.05) is 44.8 Å². The van der Waals surface area contributed by atoms with Crippen LogP contribution in [0.2, 0.25) is 5.02 Å². The third-order valence-corrected chi connectivity index (χ3v) is 4.74. The van der Waals surface area contributed by atoms with Gasteiger partial charge in [-0.15, -0.1) is 0 Å². The molecule has 1 saturated heterocycles. The first-order valence-corrected chi connectivity index (χ1v) is 8.64. The summed E-state index contributed by atoms with van der Waals surface area (Å²) in [5.74, 6) is 0.296. The van der Waals surface area contributed by atoms with E-state index in [2.05, 4.69) is 15.0 Å². The minimum Gasteiger partial charge on any atom is -0.348 e. The molecular formula is C17H17ClN6O2. The molecule has 9 heteroatoms. The van der Waals surface area contributed by atoms with E-state index >= 15 is 0 Å². The Balaban J connectivity index is 1.56. The lowest BCUT2D eigenvalue weighted by Crippen LogP contribution is -2.50. The van der Waals surface area contributed by atoms with Crippen LogP contribution < -0.4 is 10.5 Å². The number of hydrogen-bond acceptors (Lipinski definition) is 5. The van der Waals surface area contributed by atoms with Gasteiger partial charge < -0.3 is 14.8 Å². The molecule has 1 fully saturated rings. The van der Waals surface area contributed by atoms with E-state index in [1.165, 1.54) is 6.20 Å². The molecular weight excluding hydrogens is 356 g/mol. The Morgan fingerprint density at radius 2 is 2.00 bits per heavy atom. The van der Waals surface area contributed by atoms with Crippen molar-refractivity contribution in [1.82, 2.24) is 24.3 Å². The second-order valence-corrected chi connectivity index (χ2v) is 6.58. The van der Waals surface area contributed by atoms with E-state index in [1.54, 1.807) is 33.8 Å². The number of pyridine rings is 1. The Bertz CT molecular complexity index is 1040. The van der Waals surface area contributed by atoms with Crippen molar-refractivity contribution in [3.8, 4) is 0 Å². The fourth-order valence-corrected chi connectivity index (χ4v) is 3.40. The fourth-order valence-electron chi connectivity index (χ4n) is 3.23. The minimum absolute atomic E-state index is 0.0909. The van der Waals surface area contributed by atoms with Gasteiger partial charge in [0.2, 0.25) is 0 Å². The molecule has 134 valence electrons. The lowest BCUT2D eigenvalue weighted by Gasteiger charge is -2.34. The van der Waals surface area contributed by atoms with E-state index in [-0.39, 0.29) is 11.5 Å². The van der Waals surface area contributed by atoms with Gasteiger partial charge in [0.1, 0.15) is 11.3 Å². The number of amides is 1. The van der Waals surface area contributed by atoms with Crippen LogP contribution in [0.25, 0.3) is 5.65 Å². The largest absolute Gasteiger partial charge is 0.348 e. The Hall–Kier alpha value is -2.87. The lowest BCUT2D eigenvalue weighted by atomic mass is 10.2. The Morgan fingerprint density at radius 1 is 1.23 bits per heavy atom. The Morgan fingerprint density at radius 3 is 2.73 bits per heavy atom. The number of aryl methyl sites for hydroxylation is 1. The zero-order valence-corrected chi connectivity index (χ0v) is 14.9. The van der Waals surface area contributed by atoms with Crippen molar-refractivity contribution in [2.45, 2.75) is 6.92 Å². The van der Waals surface area contributed by atoms with E-state index < -0.39 is 0 Å². The van der Waals surface area contributed by atoms with Crippen molar-refractivity contribution in [2.75, 3.05) is 31.1 Å². The van der Waals surface area contributed by atoms with Gasteiger partial charge >= 0.3 is 0 Å². The monoisotopic (exact) mass is 372 g/mol. The molecule has 1 N–H and O–H groups in total. The number of nitrogens with one attached hydrogen (secondary N) is 1. The molecule has 4 rings (SSSR count). The number of H-pyrrole nitrogens is 1. The highest BCUT2D eigenvalue weighted by Gasteiger charge is 2.27. The van der Waals surface area contributed by atoms with Crippen LogP contribution in [0, 0.1) is 6.92 Å². The first kappa shape index (κ1) is 16.6. The zero-order valence-electron chi connectivity index (χ0n) is 14.1. The van der Waals surface area contributed by atoms with Crippen molar-refractivity contribution in [3.05, 3.63) is 57.5 Å². The summed E-state index contributed by atoms with van der Waals surface area (Å²) in [6.07, 6.45) is 4.76. The SMILES string of the molecule is Cc1nc2ccc(Cl)cn2c1C(=O)N1CCN(c2ncc[nH]c2=O)CC1. The van der Waals surface area contributed by atoms with E-state index in [9.17, 15) is 9.59 Å². The number of carbonyl (C=O) groups is 1. The number of anilines is 1. The molecule has 0 bridgehead atoms. The molecule has 0 saturated carbocycles. The molecule has 1 aliphatic heterocycles. The summed E-state index contributed by atoms with van der Waals surface area (Å²) in [6.45, 7) is 3.91. The first-order valence-electron chi connectivity index (χ1n) is 8.27. The number of carbonyl (C=O) groups excluding carboxylic acids is 1. The van der Waals surface area contributed by atoms with Crippen molar-refractivity contribution < 1.29 is 4.79 Å². The quantitative estimate of drug-likeness (QED) is 0.733. The number of aromatic amines is 1. The molecule has 1 aliphatic rings. The summed E-state index contributed by atoms with van der Waals surface area (Å²) in [6, 6.07) is 3.54. The van der Waals surface area contributed by atoms with Crippen LogP contribution >= 0.6 is 11.6 Å². The maximum Gasteiger partial charge on any atom is 0.290 e. The molecule has 1 amide bonds. The van der Waals surface area contributed by atoms with Crippen LogP contribution in [-0.4, -0.2) is 56.3 Å². The number of nitrogens with zero attached hydrogens (tertiary/aromatic N) is 5. The zero-order chi connectivity index (χ0) is 18.3. The predicted octanol–water partition coefficient (Wildman–Crippen LogP) is 1.34. The van der Waals surface area contributed by atoms with Gasteiger partial charge in [0.25, 0.3) is 11.5 Å². The topological polar surface area (TPSA) is 86.6 Å². The third kappa shape index (κ3) is 2.82. The number of rotatable bonds is 2. The maximum absolute atomic E-state index is 13.0. The van der Waals surface area contributed by atoms with Crippen LogP contribution in [0.4, 0.5) is 5.82 Å². The minimum atomic E-state index is -0.223. The Labute approximate surface area is 154 Å². The average molecular weight is 373 g/mol. The molecule has 0 aliphatic carbocycles. The molecule has 0 spiro atoms. The second kappa shape index (κ2) is 6.45. The lowest BCUT2D eigenvalue weighted by molar-refractivity contribution is 0.0738. The van der Waals surface area contributed by atoms with Gasteiger partial charge in [-0.1, -0.05) is 11.6 Å². The standard InChI is InChI=1S/C17H17ClN6O2/c1-11-14(24-10-12(18)2-3-13(24)21-11)17(26)23-8-6-22(7-9-23)15-16(25)20-5-4-19-15/h2-5,10H,6-9H2,1H3,(H,20,25). The predicted molar refractivity (Wildman–Crippen MR) is 97.9 cm³/mol. The first-order chi connectivity index (χ1) is 12.5. The van der Waals surface area contributed by atoms with E-state index in [0.717, 1.165) is 0 Å². The summed E-state index contributed by atoms with van der Waals surface area (Å²) in [5, 5.41) is 0.545. The van der Waals surface area contributed by atoms with Crippen LogP contribution in [0.5, 0.6) is 0 Å². The van der Waals surface area contributed by atoms with E-state index in [0.29, 0.717) is 54.1 Å². The van der Waals surface area contributed by atoms with Crippen molar-refractivity contribution in [1.29, 1.82) is 0 Å². The number of aromatic nitrogens is 4. The van der Waals surface area contributed by atoms with Gasteiger partial charge in [-0.05, 0) is 19.1 Å². The molecule has 0 aromatic carbocycles. The van der Waals surface area contributed by atoms with Gasteiger partial charge in [-0.25, -0.2) is 9.97 Å². The van der Waals surface area contributed by atoms with Gasteiger partial charge in [0.05, 0.1) is 10.7 Å². The van der Waals surface area contributed by atoms with Gasteiger partial charge in [-0.3, -0.25) is 14.0 Å². The van der Waals surface area contributed by atoms with Crippen molar-refractivity contribution >= 4 is 29.0 Å². The number of fused-ring (bicyclic) bond motifs is 1. The molecule has 0 radical (unpaired) electrons. The number of imidazole rings is 1. The highest BCUT2D eigenvalue weighted by atomic mass is 35.5. The van der Waals surface area contributed by atoms with E-state index in [4.69, 9.17) is 11.6 Å². The van der Waals surface area contributed by atoms with Crippen molar-refractivity contribution in [2.24, 2.45) is 0 Å². The molecule has 26 heavy (non-hydrogen) atoms. The molecule has 0 atom stereocenters. The van der Waals surface area contributed by atoms with Crippen LogP contribution in [0.3, 0.4) is 0 Å². The summed E-state index contributed by atoms with van der Waals surface area (Å²) < 4.78 is 1.73. The summed E-state index contributed by atoms with van der Waals surface area (Å²) in [5.41, 5.74) is 1.65.